The third-order valence-electron chi connectivity index (χ3n) is 2.88. The second-order valence-electron chi connectivity index (χ2n) is 4.51. The van der Waals surface area contributed by atoms with Gasteiger partial charge in [0.25, 0.3) is 0 Å². The number of allylic oxidation sites excluding steroid dienone is 2. The van der Waals surface area contributed by atoms with Crippen LogP contribution in [-0.4, -0.2) is 48.5 Å². The van der Waals surface area contributed by atoms with Crippen molar-refractivity contribution < 1.29 is 27.6 Å². The summed E-state index contributed by atoms with van der Waals surface area (Å²) < 4.78 is 20.9. The van der Waals surface area contributed by atoms with Gasteiger partial charge in [-0.05, 0) is 31.9 Å². The predicted molar refractivity (Wildman–Crippen MR) is 80.7 cm³/mol. The first-order chi connectivity index (χ1) is 9.81. The molecule has 0 amide bonds. The highest BCUT2D eigenvalue weighted by Crippen LogP contribution is 2.15. The van der Waals surface area contributed by atoms with Crippen molar-refractivity contribution in [1.29, 1.82) is 0 Å². The molecule has 0 aromatic carbocycles. The molecule has 0 aliphatic carbocycles. The van der Waals surface area contributed by atoms with Crippen molar-refractivity contribution in [1.82, 2.24) is 0 Å². The van der Waals surface area contributed by atoms with E-state index in [-0.39, 0.29) is 18.0 Å². The van der Waals surface area contributed by atoms with Crippen LogP contribution in [0.1, 0.15) is 20.3 Å². The van der Waals surface area contributed by atoms with Gasteiger partial charge in [-0.15, -0.1) is 0 Å². The van der Waals surface area contributed by atoms with Crippen LogP contribution in [0.5, 0.6) is 0 Å². The molecule has 0 rings (SSSR count). The average Bonchev–Trinajstić information content (AvgIpc) is 2.47. The van der Waals surface area contributed by atoms with Gasteiger partial charge in [-0.3, -0.25) is 4.79 Å². The highest BCUT2D eigenvalue weighted by atomic mass is 28.4. The second kappa shape index (κ2) is 9.62. The summed E-state index contributed by atoms with van der Waals surface area (Å²) in [5.41, 5.74) is 0.620. The first kappa shape index (κ1) is 19.7. The minimum Gasteiger partial charge on any atom is -0.462 e. The summed E-state index contributed by atoms with van der Waals surface area (Å²) in [6.45, 7) is 6.83. The molecule has 0 bridgehead atoms. The molecule has 6 nitrogen and oxygen atoms in total. The zero-order chi connectivity index (χ0) is 16.5. The van der Waals surface area contributed by atoms with E-state index >= 15 is 0 Å². The van der Waals surface area contributed by atoms with Crippen LogP contribution in [0.25, 0.3) is 0 Å². The van der Waals surface area contributed by atoms with Crippen LogP contribution in [0.4, 0.5) is 0 Å². The Balaban J connectivity index is 4.27. The van der Waals surface area contributed by atoms with Crippen molar-refractivity contribution >= 4 is 20.6 Å². The van der Waals surface area contributed by atoms with Gasteiger partial charge in [0.1, 0.15) is 0 Å². The minimum atomic E-state index is -2.63. The molecule has 7 heteroatoms. The van der Waals surface area contributed by atoms with Gasteiger partial charge in [0.2, 0.25) is 0 Å². The topological polar surface area (TPSA) is 71.1 Å². The van der Waals surface area contributed by atoms with Gasteiger partial charge in [-0.2, -0.15) is 0 Å². The maximum absolute atomic E-state index is 11.7. The summed E-state index contributed by atoms with van der Waals surface area (Å²) in [6.07, 6.45) is 1.78. The lowest BCUT2D eigenvalue weighted by atomic mass is 10.1. The number of esters is 1. The maximum atomic E-state index is 11.7. The van der Waals surface area contributed by atoms with Crippen LogP contribution in [0.3, 0.4) is 0 Å². The van der Waals surface area contributed by atoms with Crippen LogP contribution in [0, 0.1) is 0 Å². The Morgan fingerprint density at radius 3 is 2.05 bits per heavy atom. The van der Waals surface area contributed by atoms with Crippen molar-refractivity contribution in [2.24, 2.45) is 0 Å². The number of hydrogen-bond donors (Lipinski definition) is 0. The summed E-state index contributed by atoms with van der Waals surface area (Å²) in [7, 11) is 1.96. The second-order valence-corrected chi connectivity index (χ2v) is 7.60. The smallest absolute Gasteiger partial charge is 0.462 e. The Kier molecular flexibility index (Phi) is 9.03. The zero-order valence-electron chi connectivity index (χ0n) is 13.4. The van der Waals surface area contributed by atoms with Crippen LogP contribution in [-0.2, 0) is 27.6 Å². The largest absolute Gasteiger partial charge is 0.500 e. The van der Waals surface area contributed by atoms with Gasteiger partial charge < -0.3 is 18.0 Å². The normalized spacial score (nSPS) is 12.1. The fourth-order valence-corrected chi connectivity index (χ4v) is 3.19. The molecular weight excluding hydrogens is 292 g/mol. The maximum Gasteiger partial charge on any atom is 0.500 e. The summed E-state index contributed by atoms with van der Waals surface area (Å²) in [5, 5.41) is 0. The summed E-state index contributed by atoms with van der Waals surface area (Å²) in [4.78, 5) is 23.1. The number of ketones is 1. The van der Waals surface area contributed by atoms with Crippen LogP contribution >= 0.6 is 0 Å². The third kappa shape index (κ3) is 6.81. The molecule has 0 aromatic heterocycles. The summed E-state index contributed by atoms with van der Waals surface area (Å²) in [5.74, 6) is -0.807. The number of carbonyl (C=O) groups excluding carboxylic acids is 2. The summed E-state index contributed by atoms with van der Waals surface area (Å²) in [6, 6.07) is 0.539. The van der Waals surface area contributed by atoms with Crippen molar-refractivity contribution in [3.05, 3.63) is 23.8 Å². The lowest BCUT2D eigenvalue weighted by Gasteiger charge is -2.24. The van der Waals surface area contributed by atoms with E-state index in [2.05, 4.69) is 6.58 Å². The molecule has 0 N–H and O–H groups in total. The standard InChI is InChI=1S/C14H24O6Si/c1-11(2)13(15)10-12(3)14(16)20-8-7-9-21(17-4,18-5)19-6/h10H,1,7-9H2,2-6H3. The predicted octanol–water partition coefficient (Wildman–Crippen LogP) is 1.89. The van der Waals surface area contributed by atoms with E-state index in [1.165, 1.54) is 34.3 Å². The molecule has 0 aromatic rings. The molecule has 120 valence electrons. The highest BCUT2D eigenvalue weighted by molar-refractivity contribution is 6.60. The van der Waals surface area contributed by atoms with Gasteiger partial charge >= 0.3 is 14.8 Å². The van der Waals surface area contributed by atoms with Crippen LogP contribution in [0.2, 0.25) is 6.04 Å². The van der Waals surface area contributed by atoms with Gasteiger partial charge in [-0.1, -0.05) is 6.58 Å². The van der Waals surface area contributed by atoms with Gasteiger partial charge in [0, 0.05) is 32.9 Å². The van der Waals surface area contributed by atoms with E-state index in [1.54, 1.807) is 6.92 Å². The zero-order valence-corrected chi connectivity index (χ0v) is 14.4. The Bertz CT molecular complexity index is 403. The van der Waals surface area contributed by atoms with Crippen molar-refractivity contribution in [2.75, 3.05) is 27.9 Å². The molecule has 0 fully saturated rings. The Hall–Kier alpha value is -1.28. The number of rotatable bonds is 10. The van der Waals surface area contributed by atoms with E-state index in [0.717, 1.165) is 0 Å². The molecule has 0 heterocycles. The molecule has 0 aliphatic heterocycles. The summed E-state index contributed by atoms with van der Waals surface area (Å²) >= 11 is 0. The SMILES string of the molecule is C=C(C)C(=O)C=C(C)C(=O)OCCC[Si](OC)(OC)OC. The average molecular weight is 316 g/mol. The number of hydrogen-bond acceptors (Lipinski definition) is 6. The van der Waals surface area contributed by atoms with Gasteiger partial charge in [-0.25, -0.2) is 4.79 Å². The highest BCUT2D eigenvalue weighted by Gasteiger charge is 2.37. The molecule has 0 saturated heterocycles. The third-order valence-corrected chi connectivity index (χ3v) is 5.72. The van der Waals surface area contributed by atoms with E-state index in [0.29, 0.717) is 18.0 Å². The van der Waals surface area contributed by atoms with Gasteiger partial charge in [0.05, 0.1) is 6.61 Å². The van der Waals surface area contributed by atoms with Crippen molar-refractivity contribution in [2.45, 2.75) is 26.3 Å². The quantitative estimate of drug-likeness (QED) is 0.265. The Morgan fingerprint density at radius 2 is 1.62 bits per heavy atom. The molecule has 0 atom stereocenters. The van der Waals surface area contributed by atoms with Gasteiger partial charge in [0.15, 0.2) is 5.78 Å². The fraction of sp³-hybridized carbons (Fsp3) is 0.571. The molecule has 0 spiro atoms. The number of carbonyl (C=O) groups is 2. The molecule has 0 saturated carbocycles. The van der Waals surface area contributed by atoms with Crippen molar-refractivity contribution in [3.63, 3.8) is 0 Å². The van der Waals surface area contributed by atoms with E-state index in [1.807, 2.05) is 0 Å². The van der Waals surface area contributed by atoms with E-state index in [4.69, 9.17) is 18.0 Å². The van der Waals surface area contributed by atoms with E-state index in [9.17, 15) is 9.59 Å². The minimum absolute atomic E-state index is 0.204. The molecule has 0 radical (unpaired) electrons. The molecule has 0 unspecified atom stereocenters. The fourth-order valence-electron chi connectivity index (χ4n) is 1.50. The molecule has 21 heavy (non-hydrogen) atoms. The Morgan fingerprint density at radius 1 is 1.10 bits per heavy atom. The first-order valence-electron chi connectivity index (χ1n) is 6.52. The lowest BCUT2D eigenvalue weighted by Crippen LogP contribution is -2.42. The number of ether oxygens (including phenoxy) is 1. The van der Waals surface area contributed by atoms with Crippen LogP contribution < -0.4 is 0 Å². The van der Waals surface area contributed by atoms with Crippen molar-refractivity contribution in [3.8, 4) is 0 Å². The lowest BCUT2D eigenvalue weighted by molar-refractivity contribution is -0.139. The molecular formula is C14H24O6Si. The Labute approximate surface area is 127 Å². The van der Waals surface area contributed by atoms with Crippen LogP contribution in [0.15, 0.2) is 23.8 Å². The van der Waals surface area contributed by atoms with E-state index < -0.39 is 14.8 Å². The monoisotopic (exact) mass is 316 g/mol. The first-order valence-corrected chi connectivity index (χ1v) is 8.45. The molecule has 0 aliphatic rings.